The average molecular weight is 611 g/mol. The summed E-state index contributed by atoms with van der Waals surface area (Å²) in [5, 5.41) is 9.65. The number of nitrogens with zero attached hydrogens (tertiary/aromatic N) is 3. The highest BCUT2D eigenvalue weighted by Crippen LogP contribution is 2.40. The fourth-order valence-electron chi connectivity index (χ4n) is 5.01. The van der Waals surface area contributed by atoms with Crippen molar-refractivity contribution in [3.8, 4) is 11.3 Å². The second-order valence-electron chi connectivity index (χ2n) is 11.0. The Morgan fingerprint density at radius 2 is 1.53 bits per heavy atom. The summed E-state index contributed by atoms with van der Waals surface area (Å²) in [4.78, 5) is 5.14. The predicted octanol–water partition coefficient (Wildman–Crippen LogP) is 8.54. The van der Waals surface area contributed by atoms with Gasteiger partial charge in [-0.05, 0) is 65.9 Å². The lowest BCUT2D eigenvalue weighted by Crippen LogP contribution is -2.18. The van der Waals surface area contributed by atoms with Crippen molar-refractivity contribution >= 4 is 37.9 Å². The van der Waals surface area contributed by atoms with E-state index >= 15 is 0 Å². The molecule has 6 rings (SSSR count). The van der Waals surface area contributed by atoms with Gasteiger partial charge in [0.2, 0.25) is 5.13 Å². The maximum Gasteiger partial charge on any atom is 0.261 e. The van der Waals surface area contributed by atoms with Crippen LogP contribution in [0.25, 0.3) is 11.3 Å². The van der Waals surface area contributed by atoms with Gasteiger partial charge in [0.15, 0.2) is 0 Å². The number of hydrazone groups is 1. The minimum Gasteiger partial charge on any atom is -0.280 e. The van der Waals surface area contributed by atoms with E-state index in [0.717, 1.165) is 38.8 Å². The van der Waals surface area contributed by atoms with E-state index in [4.69, 9.17) is 10.1 Å². The number of hydrogen-bond acceptors (Lipinski definition) is 6. The average Bonchev–Trinajstić information content (AvgIpc) is 3.66. The van der Waals surface area contributed by atoms with E-state index in [1.165, 1.54) is 29.0 Å². The topological polar surface area (TPSA) is 74.7 Å². The first-order chi connectivity index (χ1) is 20.7. The molecule has 0 bridgehead atoms. The first-order valence-corrected chi connectivity index (χ1v) is 16.4. The van der Waals surface area contributed by atoms with Gasteiger partial charge < -0.3 is 0 Å². The van der Waals surface area contributed by atoms with Gasteiger partial charge in [-0.3, -0.25) is 4.72 Å². The van der Waals surface area contributed by atoms with Gasteiger partial charge >= 0.3 is 0 Å². The molecule has 0 saturated heterocycles. The predicted molar refractivity (Wildman–Crippen MR) is 173 cm³/mol. The number of hydrogen-bond donors (Lipinski definition) is 1. The van der Waals surface area contributed by atoms with E-state index in [1.54, 1.807) is 48.5 Å². The molecule has 1 aliphatic heterocycles. The fourth-order valence-corrected chi connectivity index (χ4v) is 6.90. The van der Waals surface area contributed by atoms with Gasteiger partial charge in [-0.2, -0.15) is 5.10 Å². The van der Waals surface area contributed by atoms with Crippen LogP contribution >= 0.6 is 11.3 Å². The molecule has 0 spiro atoms. The number of halogens is 1. The molecule has 0 amide bonds. The number of anilines is 2. The lowest BCUT2D eigenvalue weighted by atomic mass is 9.95. The Morgan fingerprint density at radius 1 is 0.884 bits per heavy atom. The molecule has 2 heterocycles. The van der Waals surface area contributed by atoms with Gasteiger partial charge in [-0.15, -0.1) is 11.3 Å². The molecule has 5 aromatic rings. The van der Waals surface area contributed by atoms with Gasteiger partial charge in [0.25, 0.3) is 10.0 Å². The summed E-state index contributed by atoms with van der Waals surface area (Å²) in [6, 6.07) is 28.9. The van der Waals surface area contributed by atoms with Crippen LogP contribution in [0.3, 0.4) is 0 Å². The number of aromatic nitrogens is 1. The smallest absolute Gasteiger partial charge is 0.261 e. The molecule has 9 heteroatoms. The Morgan fingerprint density at radius 3 is 2.19 bits per heavy atom. The number of benzene rings is 4. The molecule has 0 saturated carbocycles. The number of nitrogens with one attached hydrogen (secondary N) is 1. The molecule has 43 heavy (non-hydrogen) atoms. The van der Waals surface area contributed by atoms with Crippen molar-refractivity contribution in [2.24, 2.45) is 5.10 Å². The van der Waals surface area contributed by atoms with Gasteiger partial charge in [0.05, 0.1) is 22.3 Å². The highest BCUT2D eigenvalue weighted by atomic mass is 32.2. The van der Waals surface area contributed by atoms with Crippen LogP contribution in [0, 0.1) is 12.7 Å². The van der Waals surface area contributed by atoms with E-state index in [0.29, 0.717) is 18.0 Å². The first-order valence-electron chi connectivity index (χ1n) is 14.0. The van der Waals surface area contributed by atoms with Crippen molar-refractivity contribution in [2.75, 3.05) is 9.73 Å². The molecule has 1 aromatic heterocycles. The number of rotatable bonds is 8. The molecule has 6 nitrogen and oxygen atoms in total. The SMILES string of the molecule is Cc1ccc(S(=O)(=O)Nc2ccc(-c3csc(N4N=C(c5ccc(F)cc5)C[C@@H]4c4ccc(C(C)C)cc4)n3)cc2)cc1. The van der Waals surface area contributed by atoms with Crippen molar-refractivity contribution < 1.29 is 12.8 Å². The van der Waals surface area contributed by atoms with Crippen LogP contribution in [0.5, 0.6) is 0 Å². The molecule has 0 aliphatic carbocycles. The van der Waals surface area contributed by atoms with Crippen LogP contribution in [0.4, 0.5) is 15.2 Å². The molecule has 4 aromatic carbocycles. The highest BCUT2D eigenvalue weighted by Gasteiger charge is 2.32. The standard InChI is InChI=1S/C34H31FN4O2S2/c1-22(2)24-6-8-27(9-7-24)33-20-31(25-10-14-28(35)15-11-25)37-39(33)34-36-32(21-42-34)26-12-16-29(17-13-26)38-43(40,41)30-18-4-23(3)5-19-30/h4-19,21-22,33,38H,20H2,1-3H3/t33-/m1/s1. The Bertz CT molecular complexity index is 1870. The summed E-state index contributed by atoms with van der Waals surface area (Å²) in [5.41, 5.74) is 7.26. The van der Waals surface area contributed by atoms with Crippen LogP contribution in [0.15, 0.2) is 112 Å². The van der Waals surface area contributed by atoms with Crippen LogP contribution in [0.1, 0.15) is 54.5 Å². The van der Waals surface area contributed by atoms with Crippen molar-refractivity contribution in [1.29, 1.82) is 0 Å². The van der Waals surface area contributed by atoms with Crippen LogP contribution in [-0.4, -0.2) is 19.1 Å². The van der Waals surface area contributed by atoms with Gasteiger partial charge in [0.1, 0.15) is 5.82 Å². The third-order valence-electron chi connectivity index (χ3n) is 7.53. The molecule has 0 fully saturated rings. The van der Waals surface area contributed by atoms with Gasteiger partial charge in [0, 0.05) is 23.1 Å². The molecule has 218 valence electrons. The van der Waals surface area contributed by atoms with E-state index in [2.05, 4.69) is 42.8 Å². The minimum absolute atomic E-state index is 0.0566. The second kappa shape index (κ2) is 11.7. The summed E-state index contributed by atoms with van der Waals surface area (Å²) < 4.78 is 41.9. The van der Waals surface area contributed by atoms with Crippen LogP contribution in [-0.2, 0) is 10.0 Å². The Balaban J connectivity index is 1.26. The third-order valence-corrected chi connectivity index (χ3v) is 9.76. The summed E-state index contributed by atoms with van der Waals surface area (Å²) in [5.74, 6) is 0.157. The van der Waals surface area contributed by atoms with E-state index in [9.17, 15) is 12.8 Å². The zero-order valence-electron chi connectivity index (χ0n) is 24.0. The molecule has 0 radical (unpaired) electrons. The molecule has 1 atom stereocenters. The van der Waals surface area contributed by atoms with E-state index in [1.807, 2.05) is 29.4 Å². The normalized spacial score (nSPS) is 15.1. The monoisotopic (exact) mass is 610 g/mol. The van der Waals surface area contributed by atoms with Gasteiger partial charge in [-0.1, -0.05) is 80.1 Å². The second-order valence-corrected chi connectivity index (χ2v) is 13.5. The lowest BCUT2D eigenvalue weighted by Gasteiger charge is -2.21. The largest absolute Gasteiger partial charge is 0.280 e. The van der Waals surface area contributed by atoms with Crippen molar-refractivity contribution in [2.45, 2.75) is 44.0 Å². The first kappa shape index (κ1) is 28.8. The molecular formula is C34H31FN4O2S2. The van der Waals surface area contributed by atoms with Crippen molar-refractivity contribution in [1.82, 2.24) is 4.98 Å². The van der Waals surface area contributed by atoms with Crippen LogP contribution < -0.4 is 9.73 Å². The third kappa shape index (κ3) is 6.23. The van der Waals surface area contributed by atoms with Gasteiger partial charge in [-0.25, -0.2) is 22.8 Å². The molecular weight excluding hydrogens is 580 g/mol. The molecule has 1 aliphatic rings. The molecule has 0 unspecified atom stereocenters. The van der Waals surface area contributed by atoms with E-state index in [-0.39, 0.29) is 16.8 Å². The minimum atomic E-state index is -3.69. The Hall–Kier alpha value is -4.34. The molecule has 1 N–H and O–H groups in total. The Labute approximate surface area is 255 Å². The quantitative estimate of drug-likeness (QED) is 0.191. The van der Waals surface area contributed by atoms with Crippen molar-refractivity contribution in [3.05, 3.63) is 131 Å². The maximum atomic E-state index is 13.6. The lowest BCUT2D eigenvalue weighted by molar-refractivity contribution is 0.601. The maximum absolute atomic E-state index is 13.6. The Kier molecular flexibility index (Phi) is 7.85. The fraction of sp³-hybridized carbons (Fsp3) is 0.176. The summed E-state index contributed by atoms with van der Waals surface area (Å²) in [6.07, 6.45) is 0.664. The zero-order chi connectivity index (χ0) is 30.1. The highest BCUT2D eigenvalue weighted by molar-refractivity contribution is 7.92. The zero-order valence-corrected chi connectivity index (χ0v) is 25.7. The van der Waals surface area contributed by atoms with Crippen molar-refractivity contribution in [3.63, 3.8) is 0 Å². The number of sulfonamides is 1. The summed E-state index contributed by atoms with van der Waals surface area (Å²) in [6.45, 7) is 6.27. The number of aryl methyl sites for hydroxylation is 1. The van der Waals surface area contributed by atoms with E-state index < -0.39 is 10.0 Å². The summed E-state index contributed by atoms with van der Waals surface area (Å²) >= 11 is 1.50. The van der Waals surface area contributed by atoms with Crippen LogP contribution in [0.2, 0.25) is 0 Å². The number of thiazole rings is 1. The summed E-state index contributed by atoms with van der Waals surface area (Å²) in [7, 11) is -3.69.